The molecule has 0 N–H and O–H groups in total. The summed E-state index contributed by atoms with van der Waals surface area (Å²) in [6, 6.07) is 1.69. The number of fused-ring (bicyclic) bond motifs is 1. The van der Waals surface area contributed by atoms with E-state index in [9.17, 15) is 9.59 Å². The van der Waals surface area contributed by atoms with Crippen LogP contribution in [0.5, 0.6) is 5.88 Å². The lowest BCUT2D eigenvalue weighted by Gasteiger charge is -2.17. The van der Waals surface area contributed by atoms with Gasteiger partial charge in [-0.25, -0.2) is 4.98 Å². The second-order valence-corrected chi connectivity index (χ2v) is 5.19. The van der Waals surface area contributed by atoms with E-state index in [1.165, 1.54) is 4.57 Å². The highest BCUT2D eigenvalue weighted by Crippen LogP contribution is 2.13. The Balaban J connectivity index is 2.04. The first-order valence-electron chi connectivity index (χ1n) is 7.46. The van der Waals surface area contributed by atoms with Gasteiger partial charge in [-0.1, -0.05) is 0 Å². The largest absolute Gasteiger partial charge is 0.474 e. The maximum absolute atomic E-state index is 12.5. The Kier molecular flexibility index (Phi) is 4.04. The number of hydrogen-bond acceptors (Lipinski definition) is 5. The fourth-order valence-corrected chi connectivity index (χ4v) is 2.66. The van der Waals surface area contributed by atoms with Gasteiger partial charge in [-0.05, 0) is 25.8 Å². The standard InChI is InChI=1S/C15H18N4O3/c1-2-22-14-15(21)19(10-13(20)18-7-3-4-8-18)12-5-6-16-9-11(12)17-14/h5-6,9H,2-4,7-8,10H2,1H3. The molecule has 2 aromatic rings. The second-order valence-electron chi connectivity index (χ2n) is 5.19. The lowest BCUT2D eigenvalue weighted by Crippen LogP contribution is -2.35. The van der Waals surface area contributed by atoms with Gasteiger partial charge < -0.3 is 9.64 Å². The fraction of sp³-hybridized carbons (Fsp3) is 0.467. The second kappa shape index (κ2) is 6.13. The summed E-state index contributed by atoms with van der Waals surface area (Å²) in [7, 11) is 0. The Morgan fingerprint density at radius 3 is 2.86 bits per heavy atom. The van der Waals surface area contributed by atoms with Crippen LogP contribution >= 0.6 is 0 Å². The number of amides is 1. The average Bonchev–Trinajstić information content (AvgIpc) is 3.06. The molecule has 7 heteroatoms. The van der Waals surface area contributed by atoms with Crippen LogP contribution in [0.2, 0.25) is 0 Å². The smallest absolute Gasteiger partial charge is 0.314 e. The summed E-state index contributed by atoms with van der Waals surface area (Å²) in [6.45, 7) is 3.65. The summed E-state index contributed by atoms with van der Waals surface area (Å²) < 4.78 is 6.72. The van der Waals surface area contributed by atoms with E-state index in [2.05, 4.69) is 9.97 Å². The van der Waals surface area contributed by atoms with Gasteiger partial charge in [-0.15, -0.1) is 0 Å². The van der Waals surface area contributed by atoms with Gasteiger partial charge in [0.05, 0.1) is 18.3 Å². The van der Waals surface area contributed by atoms with Gasteiger partial charge in [0.15, 0.2) is 0 Å². The summed E-state index contributed by atoms with van der Waals surface area (Å²) in [5.74, 6) is -0.0383. The van der Waals surface area contributed by atoms with Crippen molar-refractivity contribution in [3.05, 3.63) is 28.8 Å². The zero-order chi connectivity index (χ0) is 15.5. The molecule has 0 aliphatic carbocycles. The zero-order valence-electron chi connectivity index (χ0n) is 12.5. The van der Waals surface area contributed by atoms with E-state index >= 15 is 0 Å². The molecule has 116 valence electrons. The quantitative estimate of drug-likeness (QED) is 0.835. The first kappa shape index (κ1) is 14.5. The Morgan fingerprint density at radius 1 is 1.36 bits per heavy atom. The predicted molar refractivity (Wildman–Crippen MR) is 80.8 cm³/mol. The van der Waals surface area contributed by atoms with Crippen molar-refractivity contribution in [1.29, 1.82) is 0 Å². The molecular weight excluding hydrogens is 284 g/mol. The molecular formula is C15H18N4O3. The molecule has 0 spiro atoms. The molecule has 2 aromatic heterocycles. The molecule has 7 nitrogen and oxygen atoms in total. The van der Waals surface area contributed by atoms with Crippen LogP contribution in [0.15, 0.2) is 23.3 Å². The number of pyridine rings is 1. The van der Waals surface area contributed by atoms with Crippen LogP contribution in [0.25, 0.3) is 11.0 Å². The van der Waals surface area contributed by atoms with Crippen molar-refractivity contribution in [2.75, 3.05) is 19.7 Å². The first-order valence-corrected chi connectivity index (χ1v) is 7.46. The van der Waals surface area contributed by atoms with Crippen molar-refractivity contribution in [2.24, 2.45) is 0 Å². The number of carbonyl (C=O) groups excluding carboxylic acids is 1. The summed E-state index contributed by atoms with van der Waals surface area (Å²) in [5, 5.41) is 0. The van der Waals surface area contributed by atoms with Crippen LogP contribution in [0, 0.1) is 0 Å². The highest BCUT2D eigenvalue weighted by Gasteiger charge is 2.21. The van der Waals surface area contributed by atoms with E-state index in [1.54, 1.807) is 30.3 Å². The van der Waals surface area contributed by atoms with Gasteiger partial charge in [-0.3, -0.25) is 19.1 Å². The molecule has 3 heterocycles. The summed E-state index contributed by atoms with van der Waals surface area (Å²) >= 11 is 0. The van der Waals surface area contributed by atoms with Crippen LogP contribution in [0.1, 0.15) is 19.8 Å². The number of aromatic nitrogens is 3. The Morgan fingerprint density at radius 2 is 2.14 bits per heavy atom. The molecule has 3 rings (SSSR count). The van der Waals surface area contributed by atoms with Gasteiger partial charge in [0.1, 0.15) is 12.1 Å². The maximum Gasteiger partial charge on any atom is 0.314 e. The van der Waals surface area contributed by atoms with Crippen LogP contribution in [-0.2, 0) is 11.3 Å². The van der Waals surface area contributed by atoms with Gasteiger partial charge >= 0.3 is 5.56 Å². The van der Waals surface area contributed by atoms with Crippen LogP contribution < -0.4 is 10.3 Å². The number of nitrogens with zero attached hydrogens (tertiary/aromatic N) is 4. The molecule has 22 heavy (non-hydrogen) atoms. The van der Waals surface area contributed by atoms with E-state index in [1.807, 2.05) is 0 Å². The van der Waals surface area contributed by atoms with Gasteiger partial charge in [0.25, 0.3) is 5.88 Å². The minimum absolute atomic E-state index is 0.00193. The third-order valence-corrected chi connectivity index (χ3v) is 3.75. The van der Waals surface area contributed by atoms with Crippen molar-refractivity contribution in [3.8, 4) is 5.88 Å². The molecule has 1 aliphatic heterocycles. The number of ether oxygens (including phenoxy) is 1. The third kappa shape index (κ3) is 2.66. The first-order chi connectivity index (χ1) is 10.7. The van der Waals surface area contributed by atoms with Crippen molar-refractivity contribution in [2.45, 2.75) is 26.3 Å². The Labute approximate surface area is 127 Å². The maximum atomic E-state index is 12.5. The van der Waals surface area contributed by atoms with E-state index < -0.39 is 0 Å². The lowest BCUT2D eigenvalue weighted by atomic mass is 10.3. The van der Waals surface area contributed by atoms with E-state index in [0.29, 0.717) is 17.6 Å². The summed E-state index contributed by atoms with van der Waals surface area (Å²) in [6.07, 6.45) is 5.19. The number of carbonyl (C=O) groups is 1. The minimum atomic E-state index is -0.381. The molecule has 1 fully saturated rings. The highest BCUT2D eigenvalue weighted by molar-refractivity contribution is 5.80. The van der Waals surface area contributed by atoms with E-state index in [4.69, 9.17) is 4.74 Å². The third-order valence-electron chi connectivity index (χ3n) is 3.75. The minimum Gasteiger partial charge on any atom is -0.474 e. The molecule has 1 aliphatic rings. The van der Waals surface area contributed by atoms with Crippen LogP contribution in [0.3, 0.4) is 0 Å². The highest BCUT2D eigenvalue weighted by atomic mass is 16.5. The topological polar surface area (TPSA) is 77.3 Å². The fourth-order valence-electron chi connectivity index (χ4n) is 2.66. The molecule has 1 amide bonds. The number of rotatable bonds is 4. The molecule has 0 unspecified atom stereocenters. The summed E-state index contributed by atoms with van der Waals surface area (Å²) in [4.78, 5) is 34.9. The normalized spacial score (nSPS) is 14.5. The number of likely N-dealkylation sites (tertiary alicyclic amines) is 1. The molecule has 0 bridgehead atoms. The lowest BCUT2D eigenvalue weighted by molar-refractivity contribution is -0.130. The van der Waals surface area contributed by atoms with Crippen LogP contribution in [-0.4, -0.2) is 45.0 Å². The van der Waals surface area contributed by atoms with Crippen LogP contribution in [0.4, 0.5) is 0 Å². The van der Waals surface area contributed by atoms with Gasteiger partial charge in [-0.2, -0.15) is 0 Å². The predicted octanol–water partition coefficient (Wildman–Crippen LogP) is 0.813. The molecule has 0 radical (unpaired) electrons. The van der Waals surface area contributed by atoms with Gasteiger partial charge in [0.2, 0.25) is 5.91 Å². The monoisotopic (exact) mass is 302 g/mol. The van der Waals surface area contributed by atoms with Crippen molar-refractivity contribution >= 4 is 16.9 Å². The molecule has 0 saturated carbocycles. The van der Waals surface area contributed by atoms with Crippen molar-refractivity contribution in [1.82, 2.24) is 19.4 Å². The van der Waals surface area contributed by atoms with E-state index in [-0.39, 0.29) is 23.9 Å². The molecule has 0 atom stereocenters. The summed E-state index contributed by atoms with van der Waals surface area (Å²) in [5.41, 5.74) is 0.754. The Hall–Kier alpha value is -2.44. The Bertz CT molecular complexity index is 750. The van der Waals surface area contributed by atoms with Crippen molar-refractivity contribution < 1.29 is 9.53 Å². The van der Waals surface area contributed by atoms with Gasteiger partial charge in [0, 0.05) is 19.3 Å². The molecule has 1 saturated heterocycles. The average molecular weight is 302 g/mol. The molecule has 0 aromatic carbocycles. The SMILES string of the molecule is CCOc1nc2cnccc2n(CC(=O)N2CCCC2)c1=O. The number of hydrogen-bond donors (Lipinski definition) is 0. The van der Waals surface area contributed by atoms with Crippen molar-refractivity contribution in [3.63, 3.8) is 0 Å². The zero-order valence-corrected chi connectivity index (χ0v) is 12.5. The van der Waals surface area contributed by atoms with E-state index in [0.717, 1.165) is 25.9 Å².